The van der Waals surface area contributed by atoms with E-state index in [9.17, 15) is 44.1 Å². The van der Waals surface area contributed by atoms with Crippen LogP contribution in [0.5, 0.6) is 0 Å². The Labute approximate surface area is 172 Å². The van der Waals surface area contributed by atoms with Gasteiger partial charge in [0.15, 0.2) is 0 Å². The molecule has 25 heavy (non-hydrogen) atoms. The summed E-state index contributed by atoms with van der Waals surface area (Å²) in [5.41, 5.74) is 0. The van der Waals surface area contributed by atoms with Gasteiger partial charge < -0.3 is 45.0 Å². The van der Waals surface area contributed by atoms with Crippen LogP contribution in [0.15, 0.2) is 36.5 Å². The molecule has 0 aliphatic carbocycles. The largest absolute Gasteiger partial charge is 3.00 e. The number of rotatable bonds is 6. The first-order valence-corrected chi connectivity index (χ1v) is 5.24. The van der Waals surface area contributed by atoms with E-state index < -0.39 is 35.8 Å². The van der Waals surface area contributed by atoms with Gasteiger partial charge in [-0.1, -0.05) is 0 Å². The van der Waals surface area contributed by atoms with Crippen LogP contribution in [0, 0.1) is 41.7 Å². The van der Waals surface area contributed by atoms with Crippen LogP contribution in [0.25, 0.3) is 0 Å². The average Bonchev–Trinajstić information content (AvgIpc) is 2.42. The molecule has 0 amide bonds. The van der Waals surface area contributed by atoms with Gasteiger partial charge in [0.1, 0.15) is 0 Å². The van der Waals surface area contributed by atoms with Crippen LogP contribution in [0.4, 0.5) is 0 Å². The smallest absolute Gasteiger partial charge is 0.545 e. The second-order valence-electron chi connectivity index (χ2n) is 2.97. The number of aliphatic carboxylic acids is 6. The third-order valence-corrected chi connectivity index (χ3v) is 1.09. The van der Waals surface area contributed by atoms with E-state index in [0.717, 1.165) is 0 Å². The van der Waals surface area contributed by atoms with Crippen LogP contribution in [0.1, 0.15) is 0 Å². The molecule has 0 spiro atoms. The molecule has 1 radical (unpaired) electrons. The molecule has 0 aliphatic heterocycles. The van der Waals surface area contributed by atoms with E-state index in [1.165, 1.54) is 0 Å². The van der Waals surface area contributed by atoms with Gasteiger partial charge in [-0.2, -0.15) is 0 Å². The number of carboxylic acids is 6. The number of hydrogen-bond acceptors (Lipinski definition) is 9. The van der Waals surface area contributed by atoms with Gasteiger partial charge >= 0.3 is 59.7 Å². The Balaban J connectivity index is -0.000000130. The molecule has 0 aromatic rings. The van der Waals surface area contributed by atoms with Crippen LogP contribution in [0.3, 0.4) is 0 Å². The summed E-state index contributed by atoms with van der Waals surface area (Å²) >= 11 is 0. The van der Waals surface area contributed by atoms with Gasteiger partial charge in [0.2, 0.25) is 0 Å². The molecule has 12 nitrogen and oxygen atoms in total. The zero-order valence-electron chi connectivity index (χ0n) is 12.0. The fourth-order valence-electron chi connectivity index (χ4n) is 0.418. The maximum atomic E-state index is 9.55. The van der Waals surface area contributed by atoms with Gasteiger partial charge in [0, 0.05) is 18.2 Å². The molecular weight excluding hydrogens is 476 g/mol. The first kappa shape index (κ1) is 30.3. The standard InChI is InChI=1S/3C4H4O4.Ce/c3*5-3(6)1-2-4(7)8;/h3*1-2H,(H,5,6)(H,7,8);/q;;;+3/p-3/b3*2-1+;. The predicted molar refractivity (Wildman–Crippen MR) is 65.3 cm³/mol. The maximum Gasteiger partial charge on any atom is 3.00 e. The molecule has 3 N–H and O–H groups in total. The van der Waals surface area contributed by atoms with Crippen molar-refractivity contribution >= 4 is 35.8 Å². The summed E-state index contributed by atoms with van der Waals surface area (Å²) in [6, 6.07) is 0. The van der Waals surface area contributed by atoms with Gasteiger partial charge in [0.25, 0.3) is 0 Å². The summed E-state index contributed by atoms with van der Waals surface area (Å²) in [6.45, 7) is 0. The minimum absolute atomic E-state index is 0. The van der Waals surface area contributed by atoms with Crippen LogP contribution in [-0.2, 0) is 28.8 Å². The summed E-state index contributed by atoms with van der Waals surface area (Å²) in [7, 11) is 0. The normalized spacial score (nSPS) is 9.12. The Hall–Kier alpha value is -2.58. The monoisotopic (exact) mass is 485 g/mol. The molecule has 0 saturated carbocycles. The van der Waals surface area contributed by atoms with Crippen LogP contribution in [0.2, 0.25) is 0 Å². The summed E-state index contributed by atoms with van der Waals surface area (Å²) in [4.78, 5) is 56.9. The van der Waals surface area contributed by atoms with Crippen molar-refractivity contribution in [1.82, 2.24) is 0 Å². The molecule has 0 saturated heterocycles. The Kier molecular flexibility index (Phi) is 23.6. The molecule has 0 unspecified atom stereocenters. The molecular formula is C12H9CeO12. The Morgan fingerprint density at radius 1 is 0.480 bits per heavy atom. The fraction of sp³-hybridized carbons (Fsp3) is 0. The van der Waals surface area contributed by atoms with Gasteiger partial charge in [-0.15, -0.1) is 0 Å². The average molecular weight is 485 g/mol. The van der Waals surface area contributed by atoms with Crippen molar-refractivity contribution in [2.24, 2.45) is 0 Å². The molecule has 0 heterocycles. The molecule has 0 atom stereocenters. The van der Waals surface area contributed by atoms with Crippen LogP contribution >= 0.6 is 0 Å². The van der Waals surface area contributed by atoms with E-state index in [-0.39, 0.29) is 41.7 Å². The van der Waals surface area contributed by atoms with Crippen molar-refractivity contribution in [3.05, 3.63) is 36.5 Å². The summed E-state index contributed by atoms with van der Waals surface area (Å²) < 4.78 is 0. The van der Waals surface area contributed by atoms with Crippen molar-refractivity contribution in [2.45, 2.75) is 0 Å². The predicted octanol–water partition coefficient (Wildman–Crippen LogP) is -4.87. The zero-order valence-corrected chi connectivity index (χ0v) is 15.1. The molecule has 0 bridgehead atoms. The molecule has 0 aromatic heterocycles. The van der Waals surface area contributed by atoms with Gasteiger partial charge in [-0.3, -0.25) is 0 Å². The third-order valence-electron chi connectivity index (χ3n) is 1.09. The van der Waals surface area contributed by atoms with Gasteiger partial charge in [-0.05, 0) is 18.2 Å². The second kappa shape index (κ2) is 19.5. The third kappa shape index (κ3) is 52.4. The van der Waals surface area contributed by atoms with Crippen LogP contribution in [-0.4, -0.2) is 51.1 Å². The Bertz CT molecular complexity index is 444. The molecule has 0 rings (SSSR count). The van der Waals surface area contributed by atoms with Crippen molar-refractivity contribution in [1.29, 1.82) is 0 Å². The minimum Gasteiger partial charge on any atom is -0.545 e. The maximum absolute atomic E-state index is 9.55. The van der Waals surface area contributed by atoms with E-state index in [1.54, 1.807) is 0 Å². The zero-order chi connectivity index (χ0) is 19.7. The molecule has 13 heteroatoms. The Morgan fingerprint density at radius 2 is 0.640 bits per heavy atom. The minimum atomic E-state index is -1.55. The number of carboxylic acid groups (broad SMARTS) is 6. The van der Waals surface area contributed by atoms with E-state index in [4.69, 9.17) is 15.3 Å². The number of carbonyl (C=O) groups excluding carboxylic acids is 3. The molecule has 0 aliphatic rings. The summed E-state index contributed by atoms with van der Waals surface area (Å²) in [5.74, 6) is -8.41. The molecule has 133 valence electrons. The van der Waals surface area contributed by atoms with Crippen molar-refractivity contribution in [3.63, 3.8) is 0 Å². The first-order chi connectivity index (χ1) is 10.9. The van der Waals surface area contributed by atoms with Crippen molar-refractivity contribution < 1.29 is 101 Å². The second-order valence-corrected chi connectivity index (χ2v) is 2.97. The summed E-state index contributed by atoms with van der Waals surface area (Å²) in [5, 5.41) is 51.7. The quantitative estimate of drug-likeness (QED) is 0.301. The topological polar surface area (TPSA) is 232 Å². The molecule has 0 aromatic carbocycles. The van der Waals surface area contributed by atoms with Crippen LogP contribution < -0.4 is 15.3 Å². The fourth-order valence-corrected chi connectivity index (χ4v) is 0.418. The first-order valence-electron chi connectivity index (χ1n) is 5.24. The number of hydrogen-bond donors (Lipinski definition) is 3. The number of carbonyl (C=O) groups is 6. The summed E-state index contributed by atoms with van der Waals surface area (Å²) in [6.07, 6.45) is 2.83. The van der Waals surface area contributed by atoms with Gasteiger partial charge in [0.05, 0.1) is 17.9 Å². The molecule has 0 fully saturated rings. The van der Waals surface area contributed by atoms with Crippen molar-refractivity contribution in [2.75, 3.05) is 0 Å². The van der Waals surface area contributed by atoms with Gasteiger partial charge in [-0.25, -0.2) is 14.4 Å². The van der Waals surface area contributed by atoms with E-state index in [1.807, 2.05) is 0 Å². The Morgan fingerprint density at radius 3 is 0.760 bits per heavy atom. The SMILES string of the molecule is O=C(O)/C=C/C(=O)O.O=C([O-])/C=C/C(=O)O.O=C([O-])/C=C/C(=O)[O-].[Ce+3]. The van der Waals surface area contributed by atoms with E-state index in [0.29, 0.717) is 36.5 Å². The van der Waals surface area contributed by atoms with E-state index >= 15 is 0 Å². The van der Waals surface area contributed by atoms with Crippen molar-refractivity contribution in [3.8, 4) is 0 Å². The van der Waals surface area contributed by atoms with E-state index in [2.05, 4.69) is 0 Å².